The monoisotopic (exact) mass is 330 g/mol. The molecular formula is C18H22N2O4. The quantitative estimate of drug-likeness (QED) is 0.626. The molecule has 1 aliphatic heterocycles. The highest BCUT2D eigenvalue weighted by atomic mass is 16.5. The van der Waals surface area contributed by atoms with Crippen LogP contribution in [0, 0.1) is 5.92 Å². The molecule has 24 heavy (non-hydrogen) atoms. The van der Waals surface area contributed by atoms with E-state index in [9.17, 15) is 14.4 Å². The number of amides is 1. The highest BCUT2D eigenvalue weighted by Gasteiger charge is 2.30. The van der Waals surface area contributed by atoms with Crippen LogP contribution < -0.4 is 11.1 Å². The van der Waals surface area contributed by atoms with Crippen LogP contribution in [0.4, 0.5) is 0 Å². The van der Waals surface area contributed by atoms with Gasteiger partial charge in [-0.3, -0.25) is 9.59 Å². The molecular weight excluding hydrogens is 308 g/mol. The Morgan fingerprint density at radius 3 is 2.71 bits per heavy atom. The van der Waals surface area contributed by atoms with Gasteiger partial charge in [-0.15, -0.1) is 0 Å². The van der Waals surface area contributed by atoms with Crippen LogP contribution in [0.1, 0.15) is 35.7 Å². The SMILES string of the molecule is CCOC(=O)c1ccc(C=CC(=O)C2CCCNC(=O)C2N)cc1. The first kappa shape index (κ1) is 17.9. The Bertz CT molecular complexity index is 637. The summed E-state index contributed by atoms with van der Waals surface area (Å²) in [5, 5.41) is 2.70. The Morgan fingerprint density at radius 1 is 1.33 bits per heavy atom. The van der Waals surface area contributed by atoms with Gasteiger partial charge in [0.2, 0.25) is 5.91 Å². The smallest absolute Gasteiger partial charge is 0.338 e. The van der Waals surface area contributed by atoms with Gasteiger partial charge in [-0.25, -0.2) is 4.79 Å². The lowest BCUT2D eigenvalue weighted by molar-refractivity contribution is -0.127. The van der Waals surface area contributed by atoms with E-state index in [0.717, 1.165) is 12.0 Å². The van der Waals surface area contributed by atoms with Crippen LogP contribution in [0.3, 0.4) is 0 Å². The average Bonchev–Trinajstić information content (AvgIpc) is 2.75. The highest BCUT2D eigenvalue weighted by molar-refractivity contribution is 5.99. The van der Waals surface area contributed by atoms with Gasteiger partial charge in [-0.05, 0) is 43.5 Å². The minimum Gasteiger partial charge on any atom is -0.462 e. The molecule has 0 bridgehead atoms. The molecule has 2 rings (SSSR count). The number of carbonyl (C=O) groups excluding carboxylic acids is 3. The first-order chi connectivity index (χ1) is 11.5. The molecule has 1 saturated heterocycles. The van der Waals surface area contributed by atoms with E-state index in [4.69, 9.17) is 10.5 Å². The molecule has 1 amide bonds. The van der Waals surface area contributed by atoms with Gasteiger partial charge < -0.3 is 15.8 Å². The molecule has 1 heterocycles. The van der Waals surface area contributed by atoms with E-state index in [2.05, 4.69) is 5.32 Å². The van der Waals surface area contributed by atoms with Crippen molar-refractivity contribution < 1.29 is 19.1 Å². The van der Waals surface area contributed by atoms with Crippen LogP contribution in [0.5, 0.6) is 0 Å². The molecule has 6 nitrogen and oxygen atoms in total. The first-order valence-corrected chi connectivity index (χ1v) is 8.05. The second-order valence-corrected chi connectivity index (χ2v) is 5.64. The number of ether oxygens (including phenoxy) is 1. The van der Waals surface area contributed by atoms with Gasteiger partial charge in [0.15, 0.2) is 5.78 Å². The Morgan fingerprint density at radius 2 is 2.04 bits per heavy atom. The lowest BCUT2D eigenvalue weighted by Crippen LogP contribution is -2.45. The van der Waals surface area contributed by atoms with Crippen LogP contribution in [-0.4, -0.2) is 36.9 Å². The number of nitrogens with two attached hydrogens (primary N) is 1. The fraction of sp³-hybridized carbons (Fsp3) is 0.389. The summed E-state index contributed by atoms with van der Waals surface area (Å²) in [5.41, 5.74) is 7.10. The molecule has 1 aliphatic rings. The minimum absolute atomic E-state index is 0.158. The maximum Gasteiger partial charge on any atom is 0.338 e. The van der Waals surface area contributed by atoms with Gasteiger partial charge in [0.05, 0.1) is 18.2 Å². The molecule has 2 atom stereocenters. The van der Waals surface area contributed by atoms with Crippen molar-refractivity contribution in [3.63, 3.8) is 0 Å². The summed E-state index contributed by atoms with van der Waals surface area (Å²) < 4.78 is 4.92. The maximum atomic E-state index is 12.3. The minimum atomic E-state index is -0.809. The van der Waals surface area contributed by atoms with Crippen molar-refractivity contribution in [2.24, 2.45) is 11.7 Å². The number of nitrogens with one attached hydrogen (secondary N) is 1. The molecule has 0 radical (unpaired) electrons. The molecule has 0 aromatic heterocycles. The largest absolute Gasteiger partial charge is 0.462 e. The maximum absolute atomic E-state index is 12.3. The second kappa shape index (κ2) is 8.40. The fourth-order valence-corrected chi connectivity index (χ4v) is 2.58. The Hall–Kier alpha value is -2.47. The van der Waals surface area contributed by atoms with Crippen molar-refractivity contribution >= 4 is 23.7 Å². The lowest BCUT2D eigenvalue weighted by atomic mass is 9.91. The van der Waals surface area contributed by atoms with E-state index >= 15 is 0 Å². The molecule has 1 fully saturated rings. The normalized spacial score (nSPS) is 21.2. The zero-order chi connectivity index (χ0) is 17.5. The Balaban J connectivity index is 2.02. The zero-order valence-corrected chi connectivity index (χ0v) is 13.7. The molecule has 2 unspecified atom stereocenters. The molecule has 0 aliphatic carbocycles. The molecule has 3 N–H and O–H groups in total. The van der Waals surface area contributed by atoms with Gasteiger partial charge in [0, 0.05) is 12.5 Å². The molecule has 1 aromatic rings. The van der Waals surface area contributed by atoms with Gasteiger partial charge in [0.25, 0.3) is 0 Å². The van der Waals surface area contributed by atoms with Crippen molar-refractivity contribution in [2.45, 2.75) is 25.8 Å². The summed E-state index contributed by atoms with van der Waals surface area (Å²) in [6, 6.07) is 5.95. The van der Waals surface area contributed by atoms with Crippen molar-refractivity contribution in [2.75, 3.05) is 13.2 Å². The third-order valence-corrected chi connectivity index (χ3v) is 3.95. The number of carbonyl (C=O) groups is 3. The van der Waals surface area contributed by atoms with Crippen LogP contribution in [0.15, 0.2) is 30.3 Å². The zero-order valence-electron chi connectivity index (χ0n) is 13.7. The summed E-state index contributed by atoms with van der Waals surface area (Å²) in [7, 11) is 0. The van der Waals surface area contributed by atoms with E-state index in [1.807, 2.05) is 0 Å². The third kappa shape index (κ3) is 4.52. The molecule has 6 heteroatoms. The van der Waals surface area contributed by atoms with Crippen LogP contribution in [-0.2, 0) is 14.3 Å². The van der Waals surface area contributed by atoms with Crippen molar-refractivity contribution in [3.8, 4) is 0 Å². The molecule has 0 spiro atoms. The van der Waals surface area contributed by atoms with E-state index in [1.54, 1.807) is 37.3 Å². The summed E-state index contributed by atoms with van der Waals surface area (Å²) in [6.07, 6.45) is 4.43. The molecule has 128 valence electrons. The standard InChI is InChI=1S/C18H22N2O4/c1-2-24-18(23)13-8-5-12(6-9-13)7-10-15(21)14-4-3-11-20-17(22)16(14)19/h5-10,14,16H,2-4,11,19H2,1H3,(H,20,22). The van der Waals surface area contributed by atoms with E-state index < -0.39 is 12.0 Å². The summed E-state index contributed by atoms with van der Waals surface area (Å²) >= 11 is 0. The fourth-order valence-electron chi connectivity index (χ4n) is 2.58. The average molecular weight is 330 g/mol. The third-order valence-electron chi connectivity index (χ3n) is 3.95. The predicted molar refractivity (Wildman–Crippen MR) is 90.1 cm³/mol. The molecule has 0 saturated carbocycles. The summed E-state index contributed by atoms with van der Waals surface area (Å²) in [5.74, 6) is -1.31. The molecule has 1 aromatic carbocycles. The van der Waals surface area contributed by atoms with Gasteiger partial charge in [-0.2, -0.15) is 0 Å². The van der Waals surface area contributed by atoms with E-state index in [1.165, 1.54) is 6.08 Å². The number of rotatable bonds is 5. The Labute approximate surface area is 141 Å². The van der Waals surface area contributed by atoms with E-state index in [-0.39, 0.29) is 17.7 Å². The van der Waals surface area contributed by atoms with Crippen molar-refractivity contribution in [1.82, 2.24) is 5.32 Å². The number of hydrogen-bond acceptors (Lipinski definition) is 5. The summed E-state index contributed by atoms with van der Waals surface area (Å²) in [6.45, 7) is 2.62. The number of allylic oxidation sites excluding steroid dienone is 1. The van der Waals surface area contributed by atoms with Gasteiger partial charge in [0.1, 0.15) is 0 Å². The number of esters is 1. The number of ketones is 1. The predicted octanol–water partition coefficient (Wildman–Crippen LogP) is 1.30. The van der Waals surface area contributed by atoms with E-state index in [0.29, 0.717) is 25.1 Å². The summed E-state index contributed by atoms with van der Waals surface area (Å²) in [4.78, 5) is 35.6. The number of hydrogen-bond donors (Lipinski definition) is 2. The van der Waals surface area contributed by atoms with Crippen LogP contribution in [0.25, 0.3) is 6.08 Å². The number of benzene rings is 1. The van der Waals surface area contributed by atoms with Crippen molar-refractivity contribution in [1.29, 1.82) is 0 Å². The first-order valence-electron chi connectivity index (χ1n) is 8.05. The lowest BCUT2D eigenvalue weighted by Gasteiger charge is -2.16. The van der Waals surface area contributed by atoms with Crippen molar-refractivity contribution in [3.05, 3.63) is 41.5 Å². The highest BCUT2D eigenvalue weighted by Crippen LogP contribution is 2.16. The second-order valence-electron chi connectivity index (χ2n) is 5.64. The topological polar surface area (TPSA) is 98.5 Å². The van der Waals surface area contributed by atoms with Gasteiger partial charge >= 0.3 is 5.97 Å². The Kier molecular flexibility index (Phi) is 6.26. The van der Waals surface area contributed by atoms with Gasteiger partial charge in [-0.1, -0.05) is 18.2 Å². The van der Waals surface area contributed by atoms with Crippen LogP contribution in [0.2, 0.25) is 0 Å². The van der Waals surface area contributed by atoms with Crippen LogP contribution >= 0.6 is 0 Å².